The van der Waals surface area contributed by atoms with Crippen molar-refractivity contribution >= 4 is 29.7 Å². The molecule has 1 fully saturated rings. The van der Waals surface area contributed by atoms with Crippen molar-refractivity contribution in [3.05, 3.63) is 58.9 Å². The zero-order chi connectivity index (χ0) is 34.2. The van der Waals surface area contributed by atoms with Crippen LogP contribution in [-0.2, 0) is 31.2 Å². The van der Waals surface area contributed by atoms with Gasteiger partial charge in [0.05, 0.1) is 12.0 Å². The van der Waals surface area contributed by atoms with E-state index in [1.807, 2.05) is 38.1 Å². The van der Waals surface area contributed by atoms with E-state index in [1.165, 1.54) is 4.90 Å². The number of hydroxylamine groups is 1. The molecule has 14 heteroatoms. The minimum Gasteiger partial charge on any atom is -0.489 e. The molecule has 14 nitrogen and oxygen atoms in total. The van der Waals surface area contributed by atoms with Crippen molar-refractivity contribution in [2.75, 3.05) is 19.6 Å². The van der Waals surface area contributed by atoms with E-state index in [0.717, 1.165) is 22.5 Å². The number of rotatable bonds is 13. The third-order valence-corrected chi connectivity index (χ3v) is 7.97. The number of aryl methyl sites for hydroxylation is 2. The van der Waals surface area contributed by atoms with Gasteiger partial charge in [0.25, 0.3) is 5.91 Å². The molecule has 2 aromatic rings. The van der Waals surface area contributed by atoms with Gasteiger partial charge in [-0.15, -0.1) is 0 Å². The van der Waals surface area contributed by atoms with Gasteiger partial charge in [0.1, 0.15) is 24.4 Å². The number of nitrogens with zero attached hydrogens (tertiary/aromatic N) is 2. The lowest BCUT2D eigenvalue weighted by Gasteiger charge is -2.29. The largest absolute Gasteiger partial charge is 0.489 e. The molecular formula is C32H44N6O8. The number of benzene rings is 1. The SMILES string of the molecule is Cc1cc(COc2ccc(C3(C)CCN(C(CCNC(=O)CNC(=O)[C@H](NC(=O)O)C(C)(C)C)C(=O)NO)C3=O)cc2)cc(C)n1. The van der Waals surface area contributed by atoms with Gasteiger partial charge in [-0.25, -0.2) is 10.3 Å². The van der Waals surface area contributed by atoms with E-state index in [9.17, 15) is 29.2 Å². The molecular weight excluding hydrogens is 596 g/mol. The molecule has 2 unspecified atom stereocenters. The highest BCUT2D eigenvalue weighted by molar-refractivity contribution is 5.94. The number of likely N-dealkylation sites (tertiary alicyclic amines) is 1. The molecule has 6 N–H and O–H groups in total. The first kappa shape index (κ1) is 35.8. The van der Waals surface area contributed by atoms with E-state index in [1.54, 1.807) is 45.3 Å². The Kier molecular flexibility index (Phi) is 11.7. The lowest BCUT2D eigenvalue weighted by Crippen LogP contribution is -2.54. The van der Waals surface area contributed by atoms with Crippen LogP contribution in [0.3, 0.4) is 0 Å². The number of nitrogens with one attached hydrogen (secondary N) is 4. The number of carbonyl (C=O) groups is 5. The van der Waals surface area contributed by atoms with Crippen molar-refractivity contribution in [2.24, 2.45) is 5.41 Å². The predicted molar refractivity (Wildman–Crippen MR) is 167 cm³/mol. The summed E-state index contributed by atoms with van der Waals surface area (Å²) >= 11 is 0. The minimum absolute atomic E-state index is 0.000181. The van der Waals surface area contributed by atoms with Crippen molar-refractivity contribution in [1.82, 2.24) is 31.3 Å². The Balaban J connectivity index is 1.58. The number of aromatic nitrogens is 1. The molecule has 3 atom stereocenters. The van der Waals surface area contributed by atoms with E-state index < -0.39 is 53.3 Å². The standard InChI is InChI=1S/C32H44N6O8/c1-19-15-21(16-20(2)35-19)18-46-23-9-7-22(8-10-23)32(6)12-14-38(29(32)42)24(27(40)37-45)11-13-33-25(39)17-34-28(41)26(31(3,4)5)36-30(43)44/h7-10,15-16,24,26,36,45H,11-14,17-18H2,1-6H3,(H,33,39)(H,34,41)(H,37,40)(H,43,44)/t24?,26-,32?/m0/s1. The van der Waals surface area contributed by atoms with Crippen LogP contribution in [0.15, 0.2) is 36.4 Å². The number of ether oxygens (including phenoxy) is 1. The first-order valence-electron chi connectivity index (χ1n) is 15.0. The second kappa shape index (κ2) is 15.0. The molecule has 3 rings (SSSR count). The smallest absolute Gasteiger partial charge is 0.405 e. The Morgan fingerprint density at radius 2 is 1.67 bits per heavy atom. The summed E-state index contributed by atoms with van der Waals surface area (Å²) in [6.07, 6.45) is -0.942. The third kappa shape index (κ3) is 9.16. The fourth-order valence-corrected chi connectivity index (χ4v) is 5.51. The number of amides is 5. The monoisotopic (exact) mass is 640 g/mol. The summed E-state index contributed by atoms with van der Waals surface area (Å²) in [5.74, 6) is -1.69. The lowest BCUT2D eigenvalue weighted by atomic mass is 9.81. The van der Waals surface area contributed by atoms with Crippen LogP contribution in [-0.4, -0.2) is 81.6 Å². The highest BCUT2D eigenvalue weighted by Gasteiger charge is 2.47. The molecule has 0 spiro atoms. The van der Waals surface area contributed by atoms with Gasteiger partial charge < -0.3 is 30.7 Å². The van der Waals surface area contributed by atoms with Crippen LogP contribution in [0.25, 0.3) is 0 Å². The Labute approximate surface area is 268 Å². The Bertz CT molecular complexity index is 1420. The van der Waals surface area contributed by atoms with Crippen LogP contribution in [0.4, 0.5) is 4.79 Å². The van der Waals surface area contributed by atoms with Crippen molar-refractivity contribution in [3.63, 3.8) is 0 Å². The van der Waals surface area contributed by atoms with Crippen LogP contribution in [0.1, 0.15) is 63.1 Å². The first-order valence-corrected chi connectivity index (χ1v) is 15.0. The molecule has 5 amide bonds. The maximum absolute atomic E-state index is 13.7. The molecule has 1 aromatic carbocycles. The Morgan fingerprint density at radius 3 is 2.24 bits per heavy atom. The van der Waals surface area contributed by atoms with Crippen molar-refractivity contribution in [3.8, 4) is 5.75 Å². The average molecular weight is 641 g/mol. The fraction of sp³-hybridized carbons (Fsp3) is 0.500. The molecule has 1 saturated heterocycles. The Hall–Kier alpha value is -4.72. The minimum atomic E-state index is -1.37. The van der Waals surface area contributed by atoms with Crippen molar-refractivity contribution in [2.45, 2.75) is 78.5 Å². The fourth-order valence-electron chi connectivity index (χ4n) is 5.51. The van der Waals surface area contributed by atoms with E-state index in [2.05, 4.69) is 20.9 Å². The quantitative estimate of drug-likeness (QED) is 0.140. The predicted octanol–water partition coefficient (Wildman–Crippen LogP) is 1.95. The van der Waals surface area contributed by atoms with Crippen LogP contribution < -0.4 is 26.2 Å². The van der Waals surface area contributed by atoms with Gasteiger partial charge in [0.2, 0.25) is 17.7 Å². The highest BCUT2D eigenvalue weighted by atomic mass is 16.5. The summed E-state index contributed by atoms with van der Waals surface area (Å²) in [6.45, 7) is 10.9. The maximum Gasteiger partial charge on any atom is 0.405 e. The van der Waals surface area contributed by atoms with Gasteiger partial charge >= 0.3 is 6.09 Å². The van der Waals surface area contributed by atoms with E-state index in [4.69, 9.17) is 9.84 Å². The number of carboxylic acid groups (broad SMARTS) is 1. The van der Waals surface area contributed by atoms with Gasteiger partial charge in [0.15, 0.2) is 0 Å². The van der Waals surface area contributed by atoms with Gasteiger partial charge in [-0.1, -0.05) is 32.9 Å². The third-order valence-electron chi connectivity index (χ3n) is 7.97. The molecule has 1 aliphatic rings. The van der Waals surface area contributed by atoms with Crippen LogP contribution in [0, 0.1) is 19.3 Å². The van der Waals surface area contributed by atoms with E-state index in [0.29, 0.717) is 18.8 Å². The average Bonchev–Trinajstić information content (AvgIpc) is 3.29. The Morgan fingerprint density at radius 1 is 1.04 bits per heavy atom. The van der Waals surface area contributed by atoms with Crippen LogP contribution in [0.5, 0.6) is 5.75 Å². The topological polar surface area (TPSA) is 199 Å². The first-order chi connectivity index (χ1) is 21.5. The second-order valence-electron chi connectivity index (χ2n) is 12.7. The molecule has 1 aliphatic heterocycles. The number of carbonyl (C=O) groups excluding carboxylic acids is 4. The number of pyridine rings is 1. The van der Waals surface area contributed by atoms with Gasteiger partial charge in [-0.2, -0.15) is 0 Å². The molecule has 0 aliphatic carbocycles. The molecule has 2 heterocycles. The zero-order valence-electron chi connectivity index (χ0n) is 27.1. The van der Waals surface area contributed by atoms with Crippen LogP contribution >= 0.6 is 0 Å². The summed E-state index contributed by atoms with van der Waals surface area (Å²) in [6, 6.07) is 9.01. The van der Waals surface area contributed by atoms with E-state index >= 15 is 0 Å². The summed E-state index contributed by atoms with van der Waals surface area (Å²) < 4.78 is 5.93. The molecule has 0 saturated carbocycles. The summed E-state index contributed by atoms with van der Waals surface area (Å²) in [5, 5.41) is 25.6. The number of hydrogen-bond donors (Lipinski definition) is 6. The lowest BCUT2D eigenvalue weighted by molar-refractivity contribution is -0.144. The summed E-state index contributed by atoms with van der Waals surface area (Å²) in [5.41, 5.74) is 3.52. The molecule has 1 aromatic heterocycles. The second-order valence-corrected chi connectivity index (χ2v) is 12.7. The maximum atomic E-state index is 13.7. The molecule has 46 heavy (non-hydrogen) atoms. The van der Waals surface area contributed by atoms with Gasteiger partial charge in [-0.3, -0.25) is 29.4 Å². The number of hydrogen-bond acceptors (Lipinski definition) is 8. The van der Waals surface area contributed by atoms with Crippen LogP contribution in [0.2, 0.25) is 0 Å². The summed E-state index contributed by atoms with van der Waals surface area (Å²) in [7, 11) is 0. The molecule has 0 bridgehead atoms. The highest BCUT2D eigenvalue weighted by Crippen LogP contribution is 2.37. The molecule has 250 valence electrons. The summed E-state index contributed by atoms with van der Waals surface area (Å²) in [4.78, 5) is 68.1. The zero-order valence-corrected chi connectivity index (χ0v) is 27.1. The molecule has 0 radical (unpaired) electrons. The normalized spacial score (nSPS) is 17.5. The van der Waals surface area contributed by atoms with Gasteiger partial charge in [0, 0.05) is 24.5 Å². The van der Waals surface area contributed by atoms with Crippen molar-refractivity contribution < 1.29 is 39.0 Å². The van der Waals surface area contributed by atoms with E-state index in [-0.39, 0.29) is 25.4 Å². The van der Waals surface area contributed by atoms with Crippen molar-refractivity contribution in [1.29, 1.82) is 0 Å². The van der Waals surface area contributed by atoms with Gasteiger partial charge in [-0.05, 0) is 74.4 Å².